The molecular formula is C50H98N2O4. The van der Waals surface area contributed by atoms with Gasteiger partial charge in [0.1, 0.15) is 6.10 Å². The molecule has 0 aromatic heterocycles. The van der Waals surface area contributed by atoms with Crippen LogP contribution in [0.15, 0.2) is 12.3 Å². The van der Waals surface area contributed by atoms with Gasteiger partial charge in [-0.1, -0.05) is 162 Å². The van der Waals surface area contributed by atoms with E-state index in [1.54, 1.807) is 0 Å². The number of hydrogen-bond donors (Lipinski definition) is 0. The van der Waals surface area contributed by atoms with Gasteiger partial charge in [-0.15, -0.1) is 0 Å². The van der Waals surface area contributed by atoms with Crippen LogP contribution in [-0.2, 0) is 19.1 Å². The van der Waals surface area contributed by atoms with Gasteiger partial charge in [0.05, 0.1) is 6.10 Å². The maximum absolute atomic E-state index is 12.8. The number of nitrogens with zero attached hydrogens (tertiary/aromatic N) is 2. The minimum Gasteiger partial charge on any atom is -0.463 e. The number of hydrogen-bond acceptors (Lipinski definition) is 6. The van der Waals surface area contributed by atoms with Crippen molar-refractivity contribution >= 4 is 11.9 Å². The summed E-state index contributed by atoms with van der Waals surface area (Å²) >= 11 is 0. The fourth-order valence-electron chi connectivity index (χ4n) is 7.84. The van der Waals surface area contributed by atoms with Gasteiger partial charge in [0.15, 0.2) is 0 Å². The molecule has 0 N–H and O–H groups in total. The highest BCUT2D eigenvalue weighted by atomic mass is 16.5. The quantitative estimate of drug-likeness (QED) is 0.0452. The molecule has 0 spiro atoms. The molecule has 0 saturated carbocycles. The lowest BCUT2D eigenvalue weighted by Gasteiger charge is -2.24. The van der Waals surface area contributed by atoms with E-state index in [4.69, 9.17) is 9.47 Å². The molecule has 0 aromatic carbocycles. The molecule has 6 nitrogen and oxygen atoms in total. The first-order valence-electron chi connectivity index (χ1n) is 24.8. The standard InChI is InChI=1S/C50H98N2O4/c1-7-11-14-17-22-29-37-47(5)55-49(53)40-32-25-20-27-34-44-52(46-36-43-51(6)42-10-4)45-35-28-21-26-33-41-50(54)56-48(38-30-23-18-15-12-8-2)39-31-24-19-16-13-9-3/h10,42,47-48H,7-9,11-41,43-46H2,1-6H3/b42-10-. The lowest BCUT2D eigenvalue weighted by Crippen LogP contribution is -2.29. The normalized spacial score (nSPS) is 12.3. The van der Waals surface area contributed by atoms with Crippen LogP contribution in [0.2, 0.25) is 0 Å². The van der Waals surface area contributed by atoms with Gasteiger partial charge in [-0.2, -0.15) is 0 Å². The van der Waals surface area contributed by atoms with Crippen molar-refractivity contribution in [3.8, 4) is 0 Å². The largest absolute Gasteiger partial charge is 0.463 e. The van der Waals surface area contributed by atoms with Crippen molar-refractivity contribution in [1.29, 1.82) is 0 Å². The van der Waals surface area contributed by atoms with Crippen LogP contribution in [0.4, 0.5) is 0 Å². The molecule has 0 aliphatic rings. The summed E-state index contributed by atoms with van der Waals surface area (Å²) in [6, 6.07) is 0. The average Bonchev–Trinajstić information content (AvgIpc) is 3.17. The highest BCUT2D eigenvalue weighted by molar-refractivity contribution is 5.69. The third-order valence-electron chi connectivity index (χ3n) is 11.5. The van der Waals surface area contributed by atoms with Crippen LogP contribution in [0.3, 0.4) is 0 Å². The molecule has 0 aliphatic heterocycles. The lowest BCUT2D eigenvalue weighted by molar-refractivity contribution is -0.150. The van der Waals surface area contributed by atoms with E-state index in [9.17, 15) is 9.59 Å². The van der Waals surface area contributed by atoms with Crippen molar-refractivity contribution in [1.82, 2.24) is 9.80 Å². The van der Waals surface area contributed by atoms with Crippen molar-refractivity contribution in [3.63, 3.8) is 0 Å². The van der Waals surface area contributed by atoms with Gasteiger partial charge in [-0.05, 0) is 110 Å². The SMILES string of the molecule is C/C=C\N(C)CCCN(CCCCCCCC(=O)OC(C)CCCCCCCC)CCCCCCCC(=O)OC(CCCCCCCC)CCCCCCCC. The Kier molecular flexibility index (Phi) is 41.8. The molecule has 1 atom stereocenters. The van der Waals surface area contributed by atoms with Crippen LogP contribution in [0.25, 0.3) is 0 Å². The second-order valence-electron chi connectivity index (χ2n) is 17.3. The molecule has 0 aliphatic carbocycles. The van der Waals surface area contributed by atoms with Gasteiger partial charge < -0.3 is 19.3 Å². The molecule has 0 bridgehead atoms. The zero-order valence-corrected chi connectivity index (χ0v) is 38.7. The van der Waals surface area contributed by atoms with Crippen molar-refractivity contribution in [2.45, 2.75) is 265 Å². The summed E-state index contributed by atoms with van der Waals surface area (Å²) in [5.74, 6) is 0.0260. The first-order valence-corrected chi connectivity index (χ1v) is 24.8. The Morgan fingerprint density at radius 3 is 1.30 bits per heavy atom. The second kappa shape index (κ2) is 43.0. The number of rotatable bonds is 44. The Balaban J connectivity index is 4.36. The molecule has 0 rings (SSSR count). The second-order valence-corrected chi connectivity index (χ2v) is 17.3. The number of carbonyl (C=O) groups is 2. The Bertz CT molecular complexity index is 848. The molecular weight excluding hydrogens is 693 g/mol. The van der Waals surface area contributed by atoms with E-state index in [-0.39, 0.29) is 24.1 Å². The van der Waals surface area contributed by atoms with Crippen molar-refractivity contribution < 1.29 is 19.1 Å². The fourth-order valence-corrected chi connectivity index (χ4v) is 7.84. The summed E-state index contributed by atoms with van der Waals surface area (Å²) in [5.41, 5.74) is 0. The van der Waals surface area contributed by atoms with Crippen LogP contribution < -0.4 is 0 Å². The molecule has 1 unspecified atom stereocenters. The van der Waals surface area contributed by atoms with E-state index in [0.29, 0.717) is 12.8 Å². The number of esters is 2. The number of allylic oxidation sites excluding steroid dienone is 1. The Hall–Kier alpha value is -1.56. The molecule has 0 amide bonds. The third-order valence-corrected chi connectivity index (χ3v) is 11.5. The summed E-state index contributed by atoms with van der Waals surface area (Å²) in [5, 5.41) is 0. The van der Waals surface area contributed by atoms with Gasteiger partial charge in [0.2, 0.25) is 0 Å². The Morgan fingerprint density at radius 2 is 0.839 bits per heavy atom. The van der Waals surface area contributed by atoms with E-state index in [2.05, 4.69) is 63.7 Å². The maximum Gasteiger partial charge on any atom is 0.306 e. The minimum atomic E-state index is -0.0104. The van der Waals surface area contributed by atoms with Gasteiger partial charge in [0.25, 0.3) is 0 Å². The van der Waals surface area contributed by atoms with Gasteiger partial charge in [-0.25, -0.2) is 0 Å². The monoisotopic (exact) mass is 791 g/mol. The minimum absolute atomic E-state index is 0.0104. The predicted molar refractivity (Wildman–Crippen MR) is 243 cm³/mol. The van der Waals surface area contributed by atoms with Crippen LogP contribution in [0.1, 0.15) is 253 Å². The van der Waals surface area contributed by atoms with E-state index in [0.717, 1.165) is 71.1 Å². The van der Waals surface area contributed by atoms with Crippen LogP contribution in [-0.4, -0.2) is 67.2 Å². The van der Waals surface area contributed by atoms with E-state index in [1.807, 2.05) is 0 Å². The summed E-state index contributed by atoms with van der Waals surface area (Å²) < 4.78 is 11.7. The Morgan fingerprint density at radius 1 is 0.464 bits per heavy atom. The third kappa shape index (κ3) is 39.3. The van der Waals surface area contributed by atoms with Crippen molar-refractivity contribution in [2.24, 2.45) is 0 Å². The average molecular weight is 791 g/mol. The van der Waals surface area contributed by atoms with Gasteiger partial charge in [-0.3, -0.25) is 9.59 Å². The molecule has 0 aromatic rings. The summed E-state index contributed by atoms with van der Waals surface area (Å²) in [6.45, 7) is 15.5. The molecule has 0 radical (unpaired) electrons. The zero-order chi connectivity index (χ0) is 41.2. The van der Waals surface area contributed by atoms with Gasteiger partial charge >= 0.3 is 11.9 Å². The lowest BCUT2D eigenvalue weighted by atomic mass is 10.0. The smallest absolute Gasteiger partial charge is 0.306 e. The molecule has 0 heterocycles. The highest BCUT2D eigenvalue weighted by Crippen LogP contribution is 2.19. The number of unbranched alkanes of at least 4 members (excludes halogenated alkanes) is 23. The summed E-state index contributed by atoms with van der Waals surface area (Å²) in [4.78, 5) is 30.1. The molecule has 332 valence electrons. The number of carbonyl (C=O) groups excluding carboxylic acids is 2. The first-order chi connectivity index (χ1) is 27.4. The molecule has 0 fully saturated rings. The highest BCUT2D eigenvalue weighted by Gasteiger charge is 2.15. The van der Waals surface area contributed by atoms with E-state index >= 15 is 0 Å². The topological polar surface area (TPSA) is 59.1 Å². The van der Waals surface area contributed by atoms with Gasteiger partial charge in [0, 0.05) is 26.4 Å². The van der Waals surface area contributed by atoms with E-state index in [1.165, 1.54) is 161 Å². The molecule has 6 heteroatoms. The van der Waals surface area contributed by atoms with Crippen LogP contribution in [0, 0.1) is 0 Å². The summed E-state index contributed by atoms with van der Waals surface area (Å²) in [6.07, 6.45) is 44.5. The van der Waals surface area contributed by atoms with Crippen LogP contribution >= 0.6 is 0 Å². The van der Waals surface area contributed by atoms with Crippen molar-refractivity contribution in [2.75, 3.05) is 33.2 Å². The van der Waals surface area contributed by atoms with Crippen molar-refractivity contribution in [3.05, 3.63) is 12.3 Å². The number of ether oxygens (including phenoxy) is 2. The maximum atomic E-state index is 12.8. The predicted octanol–water partition coefficient (Wildman–Crippen LogP) is 14.9. The first kappa shape index (κ1) is 54.4. The fraction of sp³-hybridized carbons (Fsp3) is 0.920. The molecule has 0 saturated heterocycles. The van der Waals surface area contributed by atoms with E-state index < -0.39 is 0 Å². The molecule has 56 heavy (non-hydrogen) atoms. The Labute approximate surface area is 350 Å². The van der Waals surface area contributed by atoms with Crippen LogP contribution in [0.5, 0.6) is 0 Å². The summed E-state index contributed by atoms with van der Waals surface area (Å²) in [7, 11) is 2.16. The zero-order valence-electron chi connectivity index (χ0n) is 38.7.